The van der Waals surface area contributed by atoms with Crippen LogP contribution < -0.4 is 10.5 Å². The van der Waals surface area contributed by atoms with Crippen LogP contribution in [0.15, 0.2) is 42.5 Å². The number of benzene rings is 2. The molecule has 1 heterocycles. The van der Waals surface area contributed by atoms with Crippen molar-refractivity contribution >= 4 is 0 Å². The zero-order chi connectivity index (χ0) is 14.2. The Labute approximate surface area is 125 Å². The van der Waals surface area contributed by atoms with E-state index in [1.54, 1.807) is 0 Å². The van der Waals surface area contributed by atoms with Crippen molar-refractivity contribution in [2.45, 2.75) is 31.7 Å². The van der Waals surface area contributed by atoms with E-state index in [-0.39, 0.29) is 6.04 Å². The highest BCUT2D eigenvalue weighted by atomic mass is 16.5. The molecule has 4 rings (SSSR count). The molecule has 2 aromatic rings. The van der Waals surface area contributed by atoms with E-state index in [0.717, 1.165) is 31.6 Å². The van der Waals surface area contributed by atoms with Gasteiger partial charge in [-0.1, -0.05) is 36.4 Å². The zero-order valence-corrected chi connectivity index (χ0v) is 12.2. The third kappa shape index (κ3) is 2.34. The Morgan fingerprint density at radius 1 is 1.00 bits per heavy atom. The zero-order valence-electron chi connectivity index (χ0n) is 12.2. The topological polar surface area (TPSA) is 35.2 Å². The largest absolute Gasteiger partial charge is 0.493 e. The predicted octanol–water partition coefficient (Wildman–Crippen LogP) is 3.43. The molecule has 0 saturated heterocycles. The molecule has 0 radical (unpaired) electrons. The van der Waals surface area contributed by atoms with Crippen molar-refractivity contribution in [1.29, 1.82) is 0 Å². The maximum atomic E-state index is 6.58. The van der Waals surface area contributed by atoms with E-state index in [1.165, 1.54) is 28.7 Å². The summed E-state index contributed by atoms with van der Waals surface area (Å²) < 4.78 is 5.58. The van der Waals surface area contributed by atoms with Gasteiger partial charge in [-0.25, -0.2) is 0 Å². The summed E-state index contributed by atoms with van der Waals surface area (Å²) in [7, 11) is 0. The van der Waals surface area contributed by atoms with Gasteiger partial charge in [-0.05, 0) is 53.5 Å². The summed E-state index contributed by atoms with van der Waals surface area (Å²) in [4.78, 5) is 0. The molecule has 0 amide bonds. The molecule has 1 aliphatic heterocycles. The highest BCUT2D eigenvalue weighted by Gasteiger charge is 2.25. The summed E-state index contributed by atoms with van der Waals surface area (Å²) in [6, 6.07) is 15.4. The van der Waals surface area contributed by atoms with E-state index in [9.17, 15) is 0 Å². The second-order valence-electron chi connectivity index (χ2n) is 6.26. The van der Waals surface area contributed by atoms with Crippen LogP contribution in [0, 0.1) is 5.92 Å². The minimum absolute atomic E-state index is 0.129. The van der Waals surface area contributed by atoms with Crippen molar-refractivity contribution in [2.75, 3.05) is 6.61 Å². The summed E-state index contributed by atoms with van der Waals surface area (Å²) in [5.41, 5.74) is 12.1. The number of nitrogens with two attached hydrogens (primary N) is 1. The lowest BCUT2D eigenvalue weighted by molar-refractivity contribution is 0.356. The Balaban J connectivity index is 1.57. The third-order valence-electron chi connectivity index (χ3n) is 4.99. The van der Waals surface area contributed by atoms with Gasteiger partial charge in [-0.3, -0.25) is 0 Å². The summed E-state index contributed by atoms with van der Waals surface area (Å²) in [6.45, 7) is 0.810. The lowest BCUT2D eigenvalue weighted by atomic mass is 9.78. The monoisotopic (exact) mass is 279 g/mol. The number of fused-ring (bicyclic) bond motifs is 2. The molecular weight excluding hydrogens is 258 g/mol. The molecule has 2 aromatic carbocycles. The second-order valence-corrected chi connectivity index (χ2v) is 6.26. The summed E-state index contributed by atoms with van der Waals surface area (Å²) >= 11 is 0. The van der Waals surface area contributed by atoms with E-state index in [4.69, 9.17) is 10.5 Å². The minimum atomic E-state index is 0.129. The maximum absolute atomic E-state index is 6.58. The Morgan fingerprint density at radius 2 is 1.86 bits per heavy atom. The van der Waals surface area contributed by atoms with Gasteiger partial charge in [0.05, 0.1) is 6.61 Å². The fourth-order valence-electron chi connectivity index (χ4n) is 3.72. The van der Waals surface area contributed by atoms with Crippen molar-refractivity contribution < 1.29 is 4.74 Å². The van der Waals surface area contributed by atoms with Gasteiger partial charge in [0.15, 0.2) is 0 Å². The van der Waals surface area contributed by atoms with Crippen LogP contribution in [0.25, 0.3) is 0 Å². The number of ether oxygens (including phenoxy) is 1. The van der Waals surface area contributed by atoms with Gasteiger partial charge in [0.1, 0.15) is 5.75 Å². The number of rotatable bonds is 2. The first-order chi connectivity index (χ1) is 10.3. The molecule has 0 bridgehead atoms. The van der Waals surface area contributed by atoms with E-state index < -0.39 is 0 Å². The Bertz CT molecular complexity index is 664. The molecule has 0 spiro atoms. The molecule has 0 saturated carbocycles. The average molecular weight is 279 g/mol. The first-order valence-corrected chi connectivity index (χ1v) is 7.89. The fraction of sp³-hybridized carbons (Fsp3) is 0.368. The number of aryl methyl sites for hydroxylation is 1. The van der Waals surface area contributed by atoms with Crippen LogP contribution in [0.2, 0.25) is 0 Å². The van der Waals surface area contributed by atoms with Crippen LogP contribution in [0.3, 0.4) is 0 Å². The van der Waals surface area contributed by atoms with Crippen molar-refractivity contribution in [3.63, 3.8) is 0 Å². The molecule has 2 nitrogen and oxygen atoms in total. The third-order valence-corrected chi connectivity index (χ3v) is 4.99. The molecule has 2 aliphatic rings. The van der Waals surface area contributed by atoms with E-state index in [1.807, 2.05) is 0 Å². The van der Waals surface area contributed by atoms with Crippen molar-refractivity contribution in [3.8, 4) is 5.75 Å². The Morgan fingerprint density at radius 3 is 2.76 bits per heavy atom. The van der Waals surface area contributed by atoms with Crippen LogP contribution in [-0.2, 0) is 19.3 Å². The normalized spacial score (nSPS) is 21.3. The first-order valence-electron chi connectivity index (χ1n) is 7.89. The van der Waals surface area contributed by atoms with Gasteiger partial charge in [0.2, 0.25) is 0 Å². The first kappa shape index (κ1) is 12.9. The molecule has 0 fully saturated rings. The molecule has 2 N–H and O–H groups in total. The van der Waals surface area contributed by atoms with Crippen LogP contribution in [-0.4, -0.2) is 6.61 Å². The van der Waals surface area contributed by atoms with Gasteiger partial charge in [0, 0.05) is 12.5 Å². The number of hydrogen-bond donors (Lipinski definition) is 1. The molecule has 108 valence electrons. The van der Waals surface area contributed by atoms with Gasteiger partial charge in [0.25, 0.3) is 0 Å². The quantitative estimate of drug-likeness (QED) is 0.914. The SMILES string of the molecule is NC(c1ccc2c(c1)CCO2)C1CCc2ccccc2C1. The smallest absolute Gasteiger partial charge is 0.122 e. The standard InChI is InChI=1S/C19H21NO/c20-19(17-7-8-18-15(12-17)9-10-21-18)16-6-5-13-3-1-2-4-14(13)11-16/h1-4,7-8,12,16,19H,5-6,9-11,20H2. The molecule has 1 aliphatic carbocycles. The number of hydrogen-bond acceptors (Lipinski definition) is 2. The lowest BCUT2D eigenvalue weighted by Gasteiger charge is -2.29. The molecule has 2 unspecified atom stereocenters. The predicted molar refractivity (Wildman–Crippen MR) is 84.5 cm³/mol. The molecule has 0 aromatic heterocycles. The summed E-state index contributed by atoms with van der Waals surface area (Å²) in [5, 5.41) is 0. The van der Waals surface area contributed by atoms with Crippen molar-refractivity contribution in [3.05, 3.63) is 64.7 Å². The maximum Gasteiger partial charge on any atom is 0.122 e. The van der Waals surface area contributed by atoms with Gasteiger partial charge in [-0.15, -0.1) is 0 Å². The minimum Gasteiger partial charge on any atom is -0.493 e. The van der Waals surface area contributed by atoms with Crippen molar-refractivity contribution in [2.24, 2.45) is 11.7 Å². The van der Waals surface area contributed by atoms with Crippen LogP contribution in [0.4, 0.5) is 0 Å². The van der Waals surface area contributed by atoms with Crippen LogP contribution in [0.1, 0.15) is 34.7 Å². The Hall–Kier alpha value is -1.80. The van der Waals surface area contributed by atoms with Gasteiger partial charge < -0.3 is 10.5 Å². The van der Waals surface area contributed by atoms with Gasteiger partial charge in [-0.2, -0.15) is 0 Å². The fourth-order valence-corrected chi connectivity index (χ4v) is 3.72. The molecule has 2 heteroatoms. The lowest BCUT2D eigenvalue weighted by Crippen LogP contribution is -2.27. The van der Waals surface area contributed by atoms with Crippen LogP contribution >= 0.6 is 0 Å². The Kier molecular flexibility index (Phi) is 3.19. The average Bonchev–Trinajstić information content (AvgIpc) is 3.01. The second kappa shape index (κ2) is 5.19. The summed E-state index contributed by atoms with van der Waals surface area (Å²) in [6.07, 6.45) is 4.46. The van der Waals surface area contributed by atoms with Crippen molar-refractivity contribution in [1.82, 2.24) is 0 Å². The molecule has 2 atom stereocenters. The summed E-state index contributed by atoms with van der Waals surface area (Å²) in [5.74, 6) is 1.58. The van der Waals surface area contributed by atoms with Gasteiger partial charge >= 0.3 is 0 Å². The van der Waals surface area contributed by atoms with E-state index in [0.29, 0.717) is 5.92 Å². The molecular formula is C19H21NO. The molecule has 21 heavy (non-hydrogen) atoms. The van der Waals surface area contributed by atoms with E-state index in [2.05, 4.69) is 42.5 Å². The highest BCUT2D eigenvalue weighted by Crippen LogP contribution is 2.35. The highest BCUT2D eigenvalue weighted by molar-refractivity contribution is 5.41. The van der Waals surface area contributed by atoms with E-state index >= 15 is 0 Å². The van der Waals surface area contributed by atoms with Crippen LogP contribution in [0.5, 0.6) is 5.75 Å².